The first kappa shape index (κ1) is 21.9. The highest BCUT2D eigenvalue weighted by Crippen LogP contribution is 2.32. The molecule has 0 bridgehead atoms. The second-order valence-corrected chi connectivity index (χ2v) is 6.17. The lowest BCUT2D eigenvalue weighted by molar-refractivity contribution is -0.193. The quantitative estimate of drug-likeness (QED) is 0.502. The van der Waals surface area contributed by atoms with Crippen LogP contribution in [0.1, 0.15) is 41.0 Å². The van der Waals surface area contributed by atoms with Crippen LogP contribution in [0.25, 0.3) is 0 Å². The van der Waals surface area contributed by atoms with Crippen LogP contribution in [0.4, 0.5) is 0 Å². The molecule has 0 radical (unpaired) electrons. The van der Waals surface area contributed by atoms with E-state index in [1.165, 1.54) is 27.7 Å². The second kappa shape index (κ2) is 10.1. The van der Waals surface area contributed by atoms with Crippen molar-refractivity contribution >= 4 is 23.8 Å². The van der Waals surface area contributed by atoms with E-state index in [-0.39, 0.29) is 12.5 Å². The van der Waals surface area contributed by atoms with Gasteiger partial charge >= 0.3 is 17.9 Å². The SMILES string of the molecule is CCOC1CC(COC(C)=O)C(OC(C)=O)C(OC(C)=O)C1NC(C)=O. The van der Waals surface area contributed by atoms with Crippen molar-refractivity contribution < 1.29 is 38.1 Å². The van der Waals surface area contributed by atoms with E-state index in [1.54, 1.807) is 6.92 Å². The molecule has 1 rings (SSSR count). The van der Waals surface area contributed by atoms with Gasteiger partial charge in [0.15, 0.2) is 6.10 Å². The van der Waals surface area contributed by atoms with E-state index in [0.29, 0.717) is 13.0 Å². The van der Waals surface area contributed by atoms with Gasteiger partial charge in [0.25, 0.3) is 0 Å². The van der Waals surface area contributed by atoms with Crippen molar-refractivity contribution in [1.82, 2.24) is 5.32 Å². The van der Waals surface area contributed by atoms with Crippen LogP contribution in [-0.4, -0.2) is 61.4 Å². The molecular weight excluding hydrogens is 346 g/mol. The molecule has 0 saturated heterocycles. The van der Waals surface area contributed by atoms with Gasteiger partial charge in [-0.15, -0.1) is 0 Å². The number of hydrogen-bond donors (Lipinski definition) is 1. The maximum absolute atomic E-state index is 11.6. The Balaban J connectivity index is 3.22. The molecule has 1 N–H and O–H groups in total. The van der Waals surface area contributed by atoms with Gasteiger partial charge in [-0.1, -0.05) is 0 Å². The van der Waals surface area contributed by atoms with Gasteiger partial charge in [-0.3, -0.25) is 19.2 Å². The molecule has 1 aliphatic rings. The number of rotatable bonds is 7. The summed E-state index contributed by atoms with van der Waals surface area (Å²) >= 11 is 0. The zero-order valence-corrected chi connectivity index (χ0v) is 15.8. The summed E-state index contributed by atoms with van der Waals surface area (Å²) < 4.78 is 21.5. The van der Waals surface area contributed by atoms with Gasteiger partial charge in [-0.2, -0.15) is 0 Å². The van der Waals surface area contributed by atoms with Gasteiger partial charge in [0.2, 0.25) is 5.91 Å². The topological polar surface area (TPSA) is 117 Å². The molecule has 1 amide bonds. The Kier molecular flexibility index (Phi) is 8.50. The molecule has 5 unspecified atom stereocenters. The Bertz CT molecular complexity index is 535. The van der Waals surface area contributed by atoms with Crippen LogP contribution in [0, 0.1) is 5.92 Å². The minimum absolute atomic E-state index is 0.0264. The van der Waals surface area contributed by atoms with E-state index in [1.807, 2.05) is 0 Å². The normalized spacial score (nSPS) is 28.0. The third-order valence-electron chi connectivity index (χ3n) is 3.93. The molecule has 0 heterocycles. The molecule has 9 nitrogen and oxygen atoms in total. The highest BCUT2D eigenvalue weighted by Gasteiger charge is 2.50. The fraction of sp³-hybridized carbons (Fsp3) is 0.765. The molecule has 26 heavy (non-hydrogen) atoms. The number of carbonyl (C=O) groups is 4. The number of ether oxygens (including phenoxy) is 4. The molecular formula is C17H27NO8. The predicted octanol–water partition coefficient (Wildman–Crippen LogP) is 0.343. The van der Waals surface area contributed by atoms with E-state index in [0.717, 1.165) is 0 Å². The van der Waals surface area contributed by atoms with Crippen molar-refractivity contribution in [2.24, 2.45) is 5.92 Å². The van der Waals surface area contributed by atoms with E-state index in [4.69, 9.17) is 18.9 Å². The lowest BCUT2D eigenvalue weighted by atomic mass is 9.79. The van der Waals surface area contributed by atoms with Crippen molar-refractivity contribution in [3.63, 3.8) is 0 Å². The molecule has 9 heteroatoms. The molecule has 0 aromatic carbocycles. The molecule has 0 aromatic heterocycles. The van der Waals surface area contributed by atoms with Crippen molar-refractivity contribution in [2.45, 2.75) is 65.4 Å². The number of hydrogen-bond acceptors (Lipinski definition) is 8. The minimum Gasteiger partial charge on any atom is -0.465 e. The highest BCUT2D eigenvalue weighted by molar-refractivity contribution is 5.73. The lowest BCUT2D eigenvalue weighted by Gasteiger charge is -2.45. The lowest BCUT2D eigenvalue weighted by Crippen LogP contribution is -2.63. The molecule has 1 aliphatic carbocycles. The maximum atomic E-state index is 11.6. The van der Waals surface area contributed by atoms with Gasteiger partial charge < -0.3 is 24.3 Å². The Hall–Kier alpha value is -2.16. The summed E-state index contributed by atoms with van der Waals surface area (Å²) in [5.41, 5.74) is 0. The van der Waals surface area contributed by atoms with E-state index in [9.17, 15) is 19.2 Å². The second-order valence-electron chi connectivity index (χ2n) is 6.17. The first-order valence-corrected chi connectivity index (χ1v) is 8.52. The molecule has 0 spiro atoms. The van der Waals surface area contributed by atoms with Crippen molar-refractivity contribution in [1.29, 1.82) is 0 Å². The third-order valence-corrected chi connectivity index (χ3v) is 3.93. The molecule has 0 aromatic rings. The fourth-order valence-electron chi connectivity index (χ4n) is 3.13. The van der Waals surface area contributed by atoms with E-state index < -0.39 is 48.2 Å². The average molecular weight is 373 g/mol. The van der Waals surface area contributed by atoms with Gasteiger partial charge in [0.1, 0.15) is 6.10 Å². The summed E-state index contributed by atoms with van der Waals surface area (Å²) in [5.74, 6) is -2.43. The summed E-state index contributed by atoms with van der Waals surface area (Å²) in [6.45, 7) is 7.20. The van der Waals surface area contributed by atoms with Crippen molar-refractivity contribution in [2.75, 3.05) is 13.2 Å². The van der Waals surface area contributed by atoms with Crippen LogP contribution in [0.2, 0.25) is 0 Å². The standard InChI is InChI=1S/C17H27NO8/c1-6-23-14-7-13(8-24-10(3)20)16(25-11(4)21)17(26-12(5)22)15(14)18-9(2)19/h13-17H,6-8H2,1-5H3,(H,18,19). The van der Waals surface area contributed by atoms with Gasteiger partial charge in [-0.05, 0) is 13.3 Å². The third kappa shape index (κ3) is 6.62. The van der Waals surface area contributed by atoms with Crippen molar-refractivity contribution in [3.8, 4) is 0 Å². The Morgan fingerprint density at radius 1 is 0.923 bits per heavy atom. The Morgan fingerprint density at radius 3 is 1.96 bits per heavy atom. The van der Waals surface area contributed by atoms with Crippen LogP contribution in [0.3, 0.4) is 0 Å². The van der Waals surface area contributed by atoms with Gasteiger partial charge in [0, 0.05) is 40.2 Å². The summed E-state index contributed by atoms with van der Waals surface area (Å²) in [6.07, 6.45) is -2.00. The monoisotopic (exact) mass is 373 g/mol. The summed E-state index contributed by atoms with van der Waals surface area (Å²) in [5, 5.41) is 2.72. The molecule has 0 aliphatic heterocycles. The molecule has 1 fully saturated rings. The van der Waals surface area contributed by atoms with Gasteiger partial charge in [0.05, 0.1) is 18.8 Å². The van der Waals surface area contributed by atoms with E-state index in [2.05, 4.69) is 5.32 Å². The fourth-order valence-corrected chi connectivity index (χ4v) is 3.13. The van der Waals surface area contributed by atoms with Crippen LogP contribution >= 0.6 is 0 Å². The van der Waals surface area contributed by atoms with E-state index >= 15 is 0 Å². The van der Waals surface area contributed by atoms with Crippen molar-refractivity contribution in [3.05, 3.63) is 0 Å². The Morgan fingerprint density at radius 2 is 1.50 bits per heavy atom. The predicted molar refractivity (Wildman–Crippen MR) is 88.9 cm³/mol. The number of nitrogens with one attached hydrogen (secondary N) is 1. The molecule has 5 atom stereocenters. The maximum Gasteiger partial charge on any atom is 0.303 e. The average Bonchev–Trinajstić information content (AvgIpc) is 2.50. The number of carbonyl (C=O) groups excluding carboxylic acids is 4. The highest BCUT2D eigenvalue weighted by atomic mass is 16.6. The minimum atomic E-state index is -0.967. The van der Waals surface area contributed by atoms with Crippen LogP contribution in [0.5, 0.6) is 0 Å². The first-order chi connectivity index (χ1) is 12.1. The zero-order chi connectivity index (χ0) is 19.9. The van der Waals surface area contributed by atoms with Crippen LogP contribution in [-0.2, 0) is 38.1 Å². The first-order valence-electron chi connectivity index (χ1n) is 8.52. The summed E-state index contributed by atoms with van der Waals surface area (Å²) in [7, 11) is 0. The van der Waals surface area contributed by atoms with Crippen LogP contribution < -0.4 is 5.32 Å². The molecule has 148 valence electrons. The number of amides is 1. The smallest absolute Gasteiger partial charge is 0.303 e. The largest absolute Gasteiger partial charge is 0.465 e. The zero-order valence-electron chi connectivity index (χ0n) is 15.8. The Labute approximate surface area is 152 Å². The molecule has 1 saturated carbocycles. The summed E-state index contributed by atoms with van der Waals surface area (Å²) in [6, 6.07) is -0.700. The van der Waals surface area contributed by atoms with Gasteiger partial charge in [-0.25, -0.2) is 0 Å². The number of esters is 3. The summed E-state index contributed by atoms with van der Waals surface area (Å²) in [4.78, 5) is 46.0. The van der Waals surface area contributed by atoms with Crippen LogP contribution in [0.15, 0.2) is 0 Å².